The second-order valence-corrected chi connectivity index (χ2v) is 3.99. The number of aromatic nitrogens is 2. The van der Waals surface area contributed by atoms with Crippen molar-refractivity contribution in [1.82, 2.24) is 15.4 Å². The third-order valence-electron chi connectivity index (χ3n) is 2.85. The van der Waals surface area contributed by atoms with Crippen LogP contribution in [0.1, 0.15) is 17.3 Å². The quantitative estimate of drug-likeness (QED) is 0.629. The van der Waals surface area contributed by atoms with E-state index in [0.717, 1.165) is 0 Å². The Labute approximate surface area is 110 Å². The van der Waals surface area contributed by atoms with Crippen molar-refractivity contribution in [3.63, 3.8) is 0 Å². The van der Waals surface area contributed by atoms with Crippen LogP contribution >= 0.6 is 0 Å². The molecule has 0 aliphatic carbocycles. The van der Waals surface area contributed by atoms with E-state index in [9.17, 15) is 4.39 Å². The molecule has 0 radical (unpaired) electrons. The monoisotopic (exact) mass is 262 g/mol. The van der Waals surface area contributed by atoms with Gasteiger partial charge in [0.15, 0.2) is 11.6 Å². The summed E-state index contributed by atoms with van der Waals surface area (Å²) < 4.78 is 19.0. The molecule has 1 atom stereocenters. The minimum atomic E-state index is -0.376. The van der Waals surface area contributed by atoms with Crippen molar-refractivity contribution in [2.75, 3.05) is 7.11 Å². The first kappa shape index (κ1) is 13.4. The van der Waals surface area contributed by atoms with Crippen LogP contribution in [0.3, 0.4) is 0 Å². The van der Waals surface area contributed by atoms with E-state index in [1.807, 2.05) is 0 Å². The lowest BCUT2D eigenvalue weighted by molar-refractivity contribution is 0.382. The Morgan fingerprint density at radius 3 is 2.89 bits per heavy atom. The predicted molar refractivity (Wildman–Crippen MR) is 68.8 cm³/mol. The maximum Gasteiger partial charge on any atom is 0.168 e. The standard InChI is InChI=1S/C13H15FN4O/c1-19-12-4-2-3-9(13(12)14)7-11(18-15)10-5-6-16-8-17-10/h2-6,8,11,18H,7,15H2,1H3. The number of nitrogens with one attached hydrogen (secondary N) is 1. The smallest absolute Gasteiger partial charge is 0.168 e. The van der Waals surface area contributed by atoms with Gasteiger partial charge in [-0.05, 0) is 24.1 Å². The lowest BCUT2D eigenvalue weighted by Gasteiger charge is -2.16. The summed E-state index contributed by atoms with van der Waals surface area (Å²) in [6.45, 7) is 0. The van der Waals surface area contributed by atoms with Crippen LogP contribution in [-0.4, -0.2) is 17.1 Å². The molecule has 5 nitrogen and oxygen atoms in total. The second kappa shape index (κ2) is 6.21. The number of hydrogen-bond donors (Lipinski definition) is 2. The number of benzene rings is 1. The van der Waals surface area contributed by atoms with Crippen LogP contribution in [-0.2, 0) is 6.42 Å². The fourth-order valence-corrected chi connectivity index (χ4v) is 1.85. The average Bonchev–Trinajstić information content (AvgIpc) is 2.47. The summed E-state index contributed by atoms with van der Waals surface area (Å²) in [5.74, 6) is 5.35. The highest BCUT2D eigenvalue weighted by molar-refractivity contribution is 5.32. The summed E-state index contributed by atoms with van der Waals surface area (Å²) in [4.78, 5) is 7.95. The van der Waals surface area contributed by atoms with E-state index in [4.69, 9.17) is 10.6 Å². The van der Waals surface area contributed by atoms with Crippen LogP contribution in [0.2, 0.25) is 0 Å². The Morgan fingerprint density at radius 1 is 1.42 bits per heavy atom. The molecule has 0 bridgehead atoms. The van der Waals surface area contributed by atoms with Gasteiger partial charge < -0.3 is 4.74 Å². The molecule has 0 saturated carbocycles. The molecule has 0 spiro atoms. The molecule has 1 heterocycles. The van der Waals surface area contributed by atoms with Gasteiger partial charge in [0, 0.05) is 6.20 Å². The first-order valence-corrected chi connectivity index (χ1v) is 5.79. The molecule has 3 N–H and O–H groups in total. The zero-order valence-electron chi connectivity index (χ0n) is 10.5. The Hall–Kier alpha value is -2.05. The Bertz CT molecular complexity index is 535. The van der Waals surface area contributed by atoms with Crippen molar-refractivity contribution in [3.8, 4) is 5.75 Å². The molecule has 0 amide bonds. The molecule has 19 heavy (non-hydrogen) atoms. The zero-order chi connectivity index (χ0) is 13.7. The predicted octanol–water partition coefficient (Wildman–Crippen LogP) is 1.37. The number of halogens is 1. The molecule has 1 aromatic carbocycles. The number of nitrogens with zero attached hydrogens (tertiary/aromatic N) is 2. The van der Waals surface area contributed by atoms with Gasteiger partial charge in [0.1, 0.15) is 6.33 Å². The average molecular weight is 262 g/mol. The summed E-state index contributed by atoms with van der Waals surface area (Å²) in [5.41, 5.74) is 3.86. The van der Waals surface area contributed by atoms with Gasteiger partial charge in [0.05, 0.1) is 18.8 Å². The summed E-state index contributed by atoms with van der Waals surface area (Å²) in [6.07, 6.45) is 3.42. The zero-order valence-corrected chi connectivity index (χ0v) is 10.5. The highest BCUT2D eigenvalue weighted by atomic mass is 19.1. The van der Waals surface area contributed by atoms with Gasteiger partial charge in [-0.2, -0.15) is 0 Å². The van der Waals surface area contributed by atoms with E-state index in [1.54, 1.807) is 30.5 Å². The first-order valence-electron chi connectivity index (χ1n) is 5.79. The van der Waals surface area contributed by atoms with Crippen LogP contribution in [0.5, 0.6) is 5.75 Å². The molecule has 1 aromatic heterocycles. The fraction of sp³-hybridized carbons (Fsp3) is 0.231. The maximum absolute atomic E-state index is 14.1. The number of rotatable bonds is 5. The Morgan fingerprint density at radius 2 is 2.26 bits per heavy atom. The van der Waals surface area contributed by atoms with E-state index in [2.05, 4.69) is 15.4 Å². The van der Waals surface area contributed by atoms with Gasteiger partial charge in [-0.25, -0.2) is 14.4 Å². The second-order valence-electron chi connectivity index (χ2n) is 3.99. The number of hydrazine groups is 1. The normalized spacial score (nSPS) is 12.2. The van der Waals surface area contributed by atoms with Gasteiger partial charge in [0.2, 0.25) is 0 Å². The van der Waals surface area contributed by atoms with Crippen molar-refractivity contribution in [2.45, 2.75) is 12.5 Å². The molecular formula is C13H15FN4O. The molecule has 6 heteroatoms. The minimum absolute atomic E-state index is 0.218. The first-order chi connectivity index (χ1) is 9.26. The molecule has 2 aromatic rings. The maximum atomic E-state index is 14.1. The minimum Gasteiger partial charge on any atom is -0.494 e. The Balaban J connectivity index is 2.24. The fourth-order valence-electron chi connectivity index (χ4n) is 1.85. The van der Waals surface area contributed by atoms with Gasteiger partial charge >= 0.3 is 0 Å². The van der Waals surface area contributed by atoms with Crippen molar-refractivity contribution < 1.29 is 9.13 Å². The number of hydrogen-bond acceptors (Lipinski definition) is 5. The van der Waals surface area contributed by atoms with Crippen molar-refractivity contribution in [1.29, 1.82) is 0 Å². The molecule has 0 aliphatic rings. The third kappa shape index (κ3) is 3.04. The molecule has 0 saturated heterocycles. The highest BCUT2D eigenvalue weighted by Crippen LogP contribution is 2.24. The SMILES string of the molecule is COc1cccc(CC(NN)c2ccncn2)c1F. The van der Waals surface area contributed by atoms with Crippen LogP contribution in [0.15, 0.2) is 36.8 Å². The lowest BCUT2D eigenvalue weighted by atomic mass is 10.0. The highest BCUT2D eigenvalue weighted by Gasteiger charge is 2.16. The molecule has 100 valence electrons. The molecular weight excluding hydrogens is 247 g/mol. The number of ether oxygens (including phenoxy) is 1. The lowest BCUT2D eigenvalue weighted by Crippen LogP contribution is -2.30. The van der Waals surface area contributed by atoms with Gasteiger partial charge in [-0.3, -0.25) is 11.3 Å². The van der Waals surface area contributed by atoms with Gasteiger partial charge in [-0.15, -0.1) is 0 Å². The third-order valence-corrected chi connectivity index (χ3v) is 2.85. The Kier molecular flexibility index (Phi) is 4.38. The topological polar surface area (TPSA) is 73.1 Å². The van der Waals surface area contributed by atoms with Crippen molar-refractivity contribution in [2.24, 2.45) is 5.84 Å². The van der Waals surface area contributed by atoms with E-state index in [-0.39, 0.29) is 17.6 Å². The largest absolute Gasteiger partial charge is 0.494 e. The summed E-state index contributed by atoms with van der Waals surface area (Å²) in [7, 11) is 1.44. The summed E-state index contributed by atoms with van der Waals surface area (Å²) >= 11 is 0. The summed E-state index contributed by atoms with van der Waals surface area (Å²) in [6, 6.07) is 6.47. The van der Waals surface area contributed by atoms with Crippen LogP contribution in [0.25, 0.3) is 0 Å². The van der Waals surface area contributed by atoms with E-state index in [1.165, 1.54) is 13.4 Å². The molecule has 0 fully saturated rings. The number of methoxy groups -OCH3 is 1. The molecule has 1 unspecified atom stereocenters. The van der Waals surface area contributed by atoms with Crippen LogP contribution in [0.4, 0.5) is 4.39 Å². The number of nitrogens with two attached hydrogens (primary N) is 1. The van der Waals surface area contributed by atoms with E-state index in [0.29, 0.717) is 17.7 Å². The van der Waals surface area contributed by atoms with E-state index < -0.39 is 0 Å². The van der Waals surface area contributed by atoms with Crippen molar-refractivity contribution in [3.05, 3.63) is 53.9 Å². The molecule has 2 rings (SSSR count). The van der Waals surface area contributed by atoms with Gasteiger partial charge in [-0.1, -0.05) is 12.1 Å². The summed E-state index contributed by atoms with van der Waals surface area (Å²) in [5, 5.41) is 0. The van der Waals surface area contributed by atoms with Crippen molar-refractivity contribution >= 4 is 0 Å². The molecule has 0 aliphatic heterocycles. The van der Waals surface area contributed by atoms with Crippen LogP contribution < -0.4 is 16.0 Å². The van der Waals surface area contributed by atoms with Gasteiger partial charge in [0.25, 0.3) is 0 Å². The van der Waals surface area contributed by atoms with E-state index >= 15 is 0 Å². The van der Waals surface area contributed by atoms with Crippen LogP contribution in [0, 0.1) is 5.82 Å².